The molecule has 0 spiro atoms. The fourth-order valence-electron chi connectivity index (χ4n) is 10.1. The third-order valence-electron chi connectivity index (χ3n) is 13.0. The average molecular weight is 903 g/mol. The first-order valence-corrected chi connectivity index (χ1v) is 22.6. The van der Waals surface area contributed by atoms with E-state index in [9.17, 15) is 19.8 Å². The molecule has 2 heterocycles. The van der Waals surface area contributed by atoms with Gasteiger partial charge in [0.1, 0.15) is 35.6 Å². The van der Waals surface area contributed by atoms with Crippen LogP contribution in [0.3, 0.4) is 0 Å². The van der Waals surface area contributed by atoms with Crippen LogP contribution in [0, 0.1) is 17.8 Å². The highest BCUT2D eigenvalue weighted by Crippen LogP contribution is 2.62. The molecule has 2 N–H and O–H groups in total. The molecule has 2 aliphatic carbocycles. The smallest absolute Gasteiger partial charge is 0.410 e. The van der Waals surface area contributed by atoms with Gasteiger partial charge in [0, 0.05) is 37.7 Å². The minimum Gasteiger partial charge on any atom is -0.496 e. The van der Waals surface area contributed by atoms with E-state index in [2.05, 4.69) is 12.7 Å². The summed E-state index contributed by atoms with van der Waals surface area (Å²) in [5.74, 6) is 0.720. The van der Waals surface area contributed by atoms with Crippen LogP contribution < -0.4 is 23.7 Å². The number of methoxy groups -OCH3 is 2. The fraction of sp³-hybridized carbons (Fsp3) is 0.404. The molecule has 66 heavy (non-hydrogen) atoms. The summed E-state index contributed by atoms with van der Waals surface area (Å²) in [6.45, 7) is 4.66. The van der Waals surface area contributed by atoms with Gasteiger partial charge in [-0.2, -0.15) is 0 Å². The molecular formula is C52H58N2O12. The minimum absolute atomic E-state index is 0.0112. The van der Waals surface area contributed by atoms with Crippen LogP contribution in [-0.4, -0.2) is 85.9 Å². The van der Waals surface area contributed by atoms with Crippen LogP contribution in [-0.2, 0) is 27.5 Å². The number of carbonyl (C=O) groups excluding carboxylic acids is 2. The first kappa shape index (κ1) is 46.2. The molecule has 0 saturated heterocycles. The summed E-state index contributed by atoms with van der Waals surface area (Å²) in [6, 6.07) is 25.3. The molecule has 0 radical (unpaired) electrons. The SMILES string of the molecule is C=CCOC12Oc3ccc(Oc4ccc(OC)c(C=O)c4)cc3C3C(CCCCO)C(CCCCO)C=C(C(=NOCc4ccccc4)CC1N(Cc1ccc4c(c1)OCO4)C(=O)OC)C32. The number of carbonyl (C=O) groups is 2. The number of ether oxygens (including phenoxy) is 7. The van der Waals surface area contributed by atoms with Gasteiger partial charge in [0.15, 0.2) is 17.8 Å². The molecule has 2 aliphatic heterocycles. The summed E-state index contributed by atoms with van der Waals surface area (Å²) in [4.78, 5) is 34.3. The van der Waals surface area contributed by atoms with Crippen LogP contribution in [0.15, 0.2) is 114 Å². The second-order valence-corrected chi connectivity index (χ2v) is 16.9. The normalized spacial score (nSPS) is 22.8. The van der Waals surface area contributed by atoms with Gasteiger partial charge in [-0.3, -0.25) is 9.69 Å². The zero-order chi connectivity index (χ0) is 46.0. The molecule has 1 fully saturated rings. The Balaban J connectivity index is 1.32. The summed E-state index contributed by atoms with van der Waals surface area (Å²) in [7, 11) is 2.87. The lowest BCUT2D eigenvalue weighted by Gasteiger charge is -2.59. The second kappa shape index (κ2) is 21.3. The number of hydrogen-bond acceptors (Lipinski definition) is 13. The van der Waals surface area contributed by atoms with E-state index in [1.165, 1.54) is 14.2 Å². The highest BCUT2D eigenvalue weighted by atomic mass is 16.7. The molecule has 0 bridgehead atoms. The maximum absolute atomic E-state index is 14.4. The standard InChI is InChI=1S/C52H58N2O12/c1-4-24-63-52-48(54(51(58)60-3)30-35-16-19-46-47(25-35)62-33-61-46)29-43(53-64-32-34-12-6-5-7-13-34)41-27-36(14-8-10-22-55)40(15-9-11-23-56)49(50(41)52)42-28-39(18-21-45(42)66-52)65-38-17-20-44(59-2)37(26-38)31-57/h4-7,12-13,16-21,25-28,31,36,40,48-50,55-56H,1,8-11,14-15,22-24,29-30,32-33H2,2-3H3. The van der Waals surface area contributed by atoms with Crippen molar-refractivity contribution in [3.05, 3.63) is 131 Å². The van der Waals surface area contributed by atoms with E-state index >= 15 is 0 Å². The van der Waals surface area contributed by atoms with Crippen molar-refractivity contribution in [1.82, 2.24) is 4.90 Å². The maximum atomic E-state index is 14.4. The number of hydrogen-bond donors (Lipinski definition) is 2. The van der Waals surface area contributed by atoms with Crippen LogP contribution in [0.25, 0.3) is 0 Å². The number of fused-ring (bicyclic) bond motifs is 3. The zero-order valence-electron chi connectivity index (χ0n) is 37.5. The number of aldehydes is 1. The van der Waals surface area contributed by atoms with Gasteiger partial charge in [0.2, 0.25) is 12.6 Å². The molecular weight excluding hydrogens is 845 g/mol. The molecule has 14 heteroatoms. The predicted molar refractivity (Wildman–Crippen MR) is 245 cm³/mol. The number of rotatable bonds is 21. The lowest BCUT2D eigenvalue weighted by Crippen LogP contribution is -2.70. The molecule has 6 atom stereocenters. The maximum Gasteiger partial charge on any atom is 0.410 e. The Morgan fingerprint density at radius 3 is 2.41 bits per heavy atom. The second-order valence-electron chi connectivity index (χ2n) is 16.9. The van der Waals surface area contributed by atoms with Crippen molar-refractivity contribution < 1.29 is 57.8 Å². The van der Waals surface area contributed by atoms with E-state index in [1.807, 2.05) is 66.7 Å². The Hall–Kier alpha value is -6.35. The molecule has 1 saturated carbocycles. The molecule has 0 aromatic heterocycles. The molecule has 348 valence electrons. The summed E-state index contributed by atoms with van der Waals surface area (Å²) in [5, 5.41) is 24.9. The average Bonchev–Trinajstić information content (AvgIpc) is 3.82. The van der Waals surface area contributed by atoms with Gasteiger partial charge >= 0.3 is 6.09 Å². The lowest BCUT2D eigenvalue weighted by atomic mass is 9.55. The Morgan fingerprint density at radius 1 is 0.894 bits per heavy atom. The first-order chi connectivity index (χ1) is 32.3. The third-order valence-corrected chi connectivity index (χ3v) is 13.0. The van der Waals surface area contributed by atoms with Crippen LogP contribution in [0.4, 0.5) is 4.79 Å². The van der Waals surface area contributed by atoms with Gasteiger partial charge < -0.3 is 48.2 Å². The summed E-state index contributed by atoms with van der Waals surface area (Å²) < 4.78 is 43.3. The van der Waals surface area contributed by atoms with Crippen LogP contribution in [0.1, 0.15) is 77.9 Å². The molecule has 14 nitrogen and oxygen atoms in total. The van der Waals surface area contributed by atoms with Crippen LogP contribution >= 0.6 is 0 Å². The zero-order valence-corrected chi connectivity index (χ0v) is 37.5. The fourth-order valence-corrected chi connectivity index (χ4v) is 10.1. The van der Waals surface area contributed by atoms with Crippen LogP contribution in [0.2, 0.25) is 0 Å². The molecule has 8 rings (SSSR count). The van der Waals surface area contributed by atoms with Gasteiger partial charge in [-0.05, 0) is 103 Å². The Labute approximate surface area is 385 Å². The number of benzene rings is 4. The van der Waals surface area contributed by atoms with E-state index in [0.29, 0.717) is 58.6 Å². The van der Waals surface area contributed by atoms with Crippen molar-refractivity contribution in [3.63, 3.8) is 0 Å². The first-order valence-electron chi connectivity index (χ1n) is 22.6. The van der Waals surface area contributed by atoms with Gasteiger partial charge in [0.25, 0.3) is 0 Å². The summed E-state index contributed by atoms with van der Waals surface area (Å²) in [5.41, 5.74) is 4.46. The van der Waals surface area contributed by atoms with Crippen molar-refractivity contribution in [1.29, 1.82) is 0 Å². The Bertz CT molecular complexity index is 2400. The number of aliphatic hydroxyl groups excluding tert-OH is 2. The highest BCUT2D eigenvalue weighted by molar-refractivity contribution is 6.03. The van der Waals surface area contributed by atoms with Crippen molar-refractivity contribution in [2.75, 3.05) is 40.8 Å². The number of unbranched alkanes of at least 4 members (excludes halogenated alkanes) is 2. The van der Waals surface area contributed by atoms with Gasteiger partial charge in [-0.15, -0.1) is 6.58 Å². The lowest BCUT2D eigenvalue weighted by molar-refractivity contribution is -0.256. The number of amides is 1. The summed E-state index contributed by atoms with van der Waals surface area (Å²) in [6.07, 6.45) is 8.59. The van der Waals surface area contributed by atoms with Crippen molar-refractivity contribution in [2.45, 2.75) is 75.8 Å². The quantitative estimate of drug-likeness (QED) is 0.0353. The van der Waals surface area contributed by atoms with Crippen LogP contribution in [0.5, 0.6) is 34.5 Å². The number of nitrogens with zero attached hydrogens (tertiary/aromatic N) is 2. The summed E-state index contributed by atoms with van der Waals surface area (Å²) >= 11 is 0. The topological polar surface area (TPSA) is 164 Å². The van der Waals surface area contributed by atoms with E-state index in [-0.39, 0.29) is 63.9 Å². The molecule has 4 aromatic carbocycles. The van der Waals surface area contributed by atoms with E-state index in [0.717, 1.165) is 54.2 Å². The van der Waals surface area contributed by atoms with Crippen molar-refractivity contribution in [2.24, 2.45) is 22.9 Å². The van der Waals surface area contributed by atoms with E-state index in [1.54, 1.807) is 29.2 Å². The molecule has 6 unspecified atom stereocenters. The number of aliphatic hydroxyl groups is 2. The van der Waals surface area contributed by atoms with E-state index < -0.39 is 23.8 Å². The Kier molecular flexibility index (Phi) is 14.9. The van der Waals surface area contributed by atoms with Crippen molar-refractivity contribution in [3.8, 4) is 34.5 Å². The Morgan fingerprint density at radius 2 is 1.65 bits per heavy atom. The minimum atomic E-state index is -1.52. The molecule has 1 amide bonds. The molecule has 4 aromatic rings. The number of oxime groups is 1. The predicted octanol–water partition coefficient (Wildman–Crippen LogP) is 9.13. The van der Waals surface area contributed by atoms with Crippen molar-refractivity contribution >= 4 is 18.1 Å². The monoisotopic (exact) mass is 902 g/mol. The molecule has 4 aliphatic rings. The van der Waals surface area contributed by atoms with Gasteiger partial charge in [0.05, 0.1) is 38.0 Å². The highest BCUT2D eigenvalue weighted by Gasteiger charge is 2.65. The largest absolute Gasteiger partial charge is 0.496 e. The third kappa shape index (κ3) is 9.62. The van der Waals surface area contributed by atoms with Gasteiger partial charge in [-0.1, -0.05) is 66.5 Å². The number of allylic oxidation sites excluding steroid dienone is 1. The van der Waals surface area contributed by atoms with E-state index in [4.69, 9.17) is 43.2 Å². The van der Waals surface area contributed by atoms with Gasteiger partial charge in [-0.25, -0.2) is 4.79 Å².